The number of hydrogen-bond acceptors (Lipinski definition) is 0. The van der Waals surface area contributed by atoms with Gasteiger partial charge < -0.3 is 17.0 Å². The molecule has 0 aromatic heterocycles. The van der Waals surface area contributed by atoms with Crippen molar-refractivity contribution in [2.45, 2.75) is 20.8 Å². The molecule has 0 nitrogen and oxygen atoms in total. The zero-order valence-electron chi connectivity index (χ0n) is 4.96. The van der Waals surface area contributed by atoms with Crippen molar-refractivity contribution in [1.82, 2.24) is 0 Å². The van der Waals surface area contributed by atoms with Crippen LogP contribution in [0.1, 0.15) is 20.8 Å². The van der Waals surface area contributed by atoms with E-state index in [-0.39, 0.29) is 35.8 Å². The molecule has 0 radical (unpaired) electrons. The number of rotatable bonds is 0. The predicted molar refractivity (Wildman–Crippen MR) is 20.5 cm³/mol. The van der Waals surface area contributed by atoms with Gasteiger partial charge >= 0.3 is 18.9 Å². The fourth-order valence-corrected chi connectivity index (χ4v) is 0. The normalized spacial score (nSPS) is 6.00. The molecule has 2 heteroatoms. The third-order valence-corrected chi connectivity index (χ3v) is 0. The zero-order valence-corrected chi connectivity index (χ0v) is 6.54. The SMILES string of the molecule is CC(C)C.[Br-].[Li+]. The van der Waals surface area contributed by atoms with Gasteiger partial charge in [-0.05, 0) is 5.92 Å². The van der Waals surface area contributed by atoms with Crippen LogP contribution in [0.25, 0.3) is 0 Å². The van der Waals surface area contributed by atoms with Gasteiger partial charge in [-0.3, -0.25) is 0 Å². The fraction of sp³-hybridized carbons (Fsp3) is 1.00. The second-order valence-electron chi connectivity index (χ2n) is 1.73. The summed E-state index contributed by atoms with van der Waals surface area (Å²) in [6.07, 6.45) is 0. The van der Waals surface area contributed by atoms with E-state index in [2.05, 4.69) is 20.8 Å². The van der Waals surface area contributed by atoms with E-state index in [4.69, 9.17) is 0 Å². The van der Waals surface area contributed by atoms with Gasteiger partial charge in [0.2, 0.25) is 0 Å². The third kappa shape index (κ3) is 72.7. The summed E-state index contributed by atoms with van der Waals surface area (Å²) >= 11 is 0. The van der Waals surface area contributed by atoms with Crippen molar-refractivity contribution in [3.8, 4) is 0 Å². The van der Waals surface area contributed by atoms with Gasteiger partial charge in [0.1, 0.15) is 0 Å². The smallest absolute Gasteiger partial charge is 1.00 e. The third-order valence-electron chi connectivity index (χ3n) is 0. The topological polar surface area (TPSA) is 0 Å². The van der Waals surface area contributed by atoms with Gasteiger partial charge in [0.25, 0.3) is 0 Å². The van der Waals surface area contributed by atoms with Crippen molar-refractivity contribution in [2.24, 2.45) is 5.92 Å². The van der Waals surface area contributed by atoms with Crippen LogP contribution in [0.3, 0.4) is 0 Å². The van der Waals surface area contributed by atoms with Gasteiger partial charge in [-0.2, -0.15) is 0 Å². The van der Waals surface area contributed by atoms with Crippen LogP contribution in [0.4, 0.5) is 0 Å². The van der Waals surface area contributed by atoms with Crippen LogP contribution in [0, 0.1) is 5.92 Å². The van der Waals surface area contributed by atoms with Gasteiger partial charge in [0, 0.05) is 0 Å². The van der Waals surface area contributed by atoms with Crippen LogP contribution in [0.15, 0.2) is 0 Å². The average Bonchev–Trinajstić information content (AvgIpc) is 0.811. The first kappa shape index (κ1) is 15.7. The molecule has 0 aliphatic rings. The van der Waals surface area contributed by atoms with Crippen LogP contribution in [0.5, 0.6) is 0 Å². The van der Waals surface area contributed by atoms with Gasteiger partial charge in [0.05, 0.1) is 0 Å². The van der Waals surface area contributed by atoms with Gasteiger partial charge in [-0.25, -0.2) is 0 Å². The Kier molecular flexibility index (Phi) is 24.7. The summed E-state index contributed by atoms with van der Waals surface area (Å²) in [7, 11) is 0. The Morgan fingerprint density at radius 3 is 1.00 bits per heavy atom. The largest absolute Gasteiger partial charge is 1.00 e. The maximum absolute atomic E-state index is 2.17. The minimum Gasteiger partial charge on any atom is -1.00 e. The number of hydrogen-bond donors (Lipinski definition) is 0. The molecule has 0 saturated heterocycles. The summed E-state index contributed by atoms with van der Waals surface area (Å²) in [6, 6.07) is 0. The summed E-state index contributed by atoms with van der Waals surface area (Å²) in [5.74, 6) is 0.833. The van der Waals surface area contributed by atoms with Crippen molar-refractivity contribution >= 4 is 0 Å². The average molecular weight is 145 g/mol. The Morgan fingerprint density at radius 1 is 1.00 bits per heavy atom. The van der Waals surface area contributed by atoms with E-state index in [1.165, 1.54) is 0 Å². The molecule has 0 atom stereocenters. The van der Waals surface area contributed by atoms with Crippen molar-refractivity contribution in [3.05, 3.63) is 0 Å². The summed E-state index contributed by atoms with van der Waals surface area (Å²) in [4.78, 5) is 0. The van der Waals surface area contributed by atoms with E-state index in [1.54, 1.807) is 0 Å². The molecule has 34 valence electrons. The first-order chi connectivity index (χ1) is 1.73. The van der Waals surface area contributed by atoms with Crippen molar-refractivity contribution in [2.75, 3.05) is 0 Å². The van der Waals surface area contributed by atoms with Crippen molar-refractivity contribution in [3.63, 3.8) is 0 Å². The van der Waals surface area contributed by atoms with E-state index in [0.29, 0.717) is 0 Å². The standard InChI is InChI=1S/C4H10.BrH.Li/c1-4(2)3;;/h4H,1-3H3;1H;/q;;+1/p-1. The molecule has 0 unspecified atom stereocenters. The Morgan fingerprint density at radius 2 is 1.00 bits per heavy atom. The molecule has 0 aromatic rings. The van der Waals surface area contributed by atoms with Gasteiger partial charge in [0.15, 0.2) is 0 Å². The van der Waals surface area contributed by atoms with E-state index in [0.717, 1.165) is 5.92 Å². The molecule has 0 bridgehead atoms. The molecule has 0 aromatic carbocycles. The fourth-order valence-electron chi connectivity index (χ4n) is 0. The van der Waals surface area contributed by atoms with E-state index >= 15 is 0 Å². The van der Waals surface area contributed by atoms with Crippen molar-refractivity contribution < 1.29 is 35.8 Å². The molecule has 0 aliphatic carbocycles. The maximum Gasteiger partial charge on any atom is 1.00 e. The van der Waals surface area contributed by atoms with Crippen LogP contribution < -0.4 is 35.8 Å². The minimum atomic E-state index is 0. The van der Waals surface area contributed by atoms with Gasteiger partial charge in [-0.1, -0.05) is 20.8 Å². The summed E-state index contributed by atoms with van der Waals surface area (Å²) in [5, 5.41) is 0. The molecule has 0 heterocycles. The predicted octanol–water partition coefficient (Wildman–Crippen LogP) is -4.33. The van der Waals surface area contributed by atoms with E-state index in [9.17, 15) is 0 Å². The summed E-state index contributed by atoms with van der Waals surface area (Å²) < 4.78 is 0. The zero-order chi connectivity index (χ0) is 3.58. The molecular formula is C4H10BrLi. The second kappa shape index (κ2) is 9.42. The second-order valence-corrected chi connectivity index (χ2v) is 1.73. The Balaban J connectivity index is -0.0000000450. The van der Waals surface area contributed by atoms with Gasteiger partial charge in [-0.15, -0.1) is 0 Å². The minimum absolute atomic E-state index is 0. The molecule has 0 fully saturated rings. The molecule has 0 saturated carbocycles. The summed E-state index contributed by atoms with van der Waals surface area (Å²) in [5.41, 5.74) is 0. The van der Waals surface area contributed by atoms with E-state index in [1.807, 2.05) is 0 Å². The Labute approximate surface area is 62.6 Å². The molecule has 0 spiro atoms. The molecule has 0 N–H and O–H groups in total. The molecule has 6 heavy (non-hydrogen) atoms. The van der Waals surface area contributed by atoms with Crippen LogP contribution in [0.2, 0.25) is 0 Å². The van der Waals surface area contributed by atoms with Crippen LogP contribution in [-0.4, -0.2) is 0 Å². The van der Waals surface area contributed by atoms with E-state index < -0.39 is 0 Å². The first-order valence-electron chi connectivity index (χ1n) is 1.73. The monoisotopic (exact) mass is 144 g/mol. The van der Waals surface area contributed by atoms with Crippen molar-refractivity contribution in [1.29, 1.82) is 0 Å². The quantitative estimate of drug-likeness (QED) is 0.302. The Bertz CT molecular complexity index is 12.3. The Hall–Kier alpha value is 1.08. The molecular weight excluding hydrogens is 135 g/mol. The molecule has 0 aliphatic heterocycles. The van der Waals surface area contributed by atoms with Crippen LogP contribution in [-0.2, 0) is 0 Å². The molecule has 0 rings (SSSR count). The first-order valence-corrected chi connectivity index (χ1v) is 1.73. The van der Waals surface area contributed by atoms with Crippen LogP contribution >= 0.6 is 0 Å². The maximum atomic E-state index is 2.17. The molecule has 0 amide bonds. The summed E-state index contributed by atoms with van der Waals surface area (Å²) in [6.45, 7) is 6.50. The number of halogens is 1.